The molecule has 0 aliphatic heterocycles. The molecule has 3 aromatic heterocycles. The van der Waals surface area contributed by atoms with E-state index in [1.807, 2.05) is 13.8 Å². The van der Waals surface area contributed by atoms with E-state index in [1.165, 1.54) is 0 Å². The zero-order valence-corrected chi connectivity index (χ0v) is 13.4. The number of nitrogen functional groups attached to an aromatic ring is 1. The molecule has 0 spiro atoms. The third-order valence-corrected chi connectivity index (χ3v) is 4.69. The molecule has 0 aliphatic carbocycles. The lowest BCUT2D eigenvalue weighted by Crippen LogP contribution is -2.11. The third kappa shape index (κ3) is 2.43. The van der Waals surface area contributed by atoms with E-state index >= 15 is 0 Å². The number of hydrogen-bond donors (Lipinski definition) is 1. The predicted octanol–water partition coefficient (Wildman–Crippen LogP) is 2.59. The van der Waals surface area contributed by atoms with Crippen molar-refractivity contribution in [3.8, 4) is 0 Å². The summed E-state index contributed by atoms with van der Waals surface area (Å²) in [6.07, 6.45) is 1.79. The Morgan fingerprint density at radius 1 is 1.41 bits per heavy atom. The van der Waals surface area contributed by atoms with Crippen molar-refractivity contribution in [1.82, 2.24) is 14.5 Å². The first-order valence-corrected chi connectivity index (χ1v) is 7.59. The van der Waals surface area contributed by atoms with Crippen LogP contribution >= 0.6 is 11.3 Å². The van der Waals surface area contributed by atoms with Gasteiger partial charge in [0.2, 0.25) is 0 Å². The number of fused-ring (bicyclic) bond motifs is 1. The average Bonchev–Trinajstić information content (AvgIpc) is 3.01. The Kier molecular flexibility index (Phi) is 3.58. The van der Waals surface area contributed by atoms with Gasteiger partial charge >= 0.3 is 5.97 Å². The van der Waals surface area contributed by atoms with Gasteiger partial charge in [0.25, 0.3) is 0 Å². The van der Waals surface area contributed by atoms with E-state index in [1.54, 1.807) is 41.3 Å². The molecule has 0 fully saturated rings. The Balaban J connectivity index is 1.83. The van der Waals surface area contributed by atoms with E-state index in [0.29, 0.717) is 17.3 Å². The number of nitrogens with zero attached hydrogens (tertiary/aromatic N) is 3. The highest BCUT2D eigenvalue weighted by molar-refractivity contribution is 7.18. The molecule has 0 saturated heterocycles. The number of rotatable bonds is 3. The summed E-state index contributed by atoms with van der Waals surface area (Å²) in [4.78, 5) is 22.6. The van der Waals surface area contributed by atoms with Crippen molar-refractivity contribution in [3.05, 3.63) is 40.3 Å². The standard InChI is InChI=1S/C15H16N4O2S/c1-8-9(2)22-14-12(8)13(16)17-11(18-14)7-21-15(20)10-5-4-6-19(10)3/h4-6H,7H2,1-3H3,(H2,16,17,18). The fraction of sp³-hybridized carbons (Fsp3) is 0.267. The second kappa shape index (κ2) is 5.42. The van der Waals surface area contributed by atoms with Gasteiger partial charge in [-0.3, -0.25) is 0 Å². The van der Waals surface area contributed by atoms with Crippen LogP contribution in [0, 0.1) is 13.8 Å². The van der Waals surface area contributed by atoms with Crippen LogP contribution in [0.3, 0.4) is 0 Å². The molecule has 3 rings (SSSR count). The molecule has 22 heavy (non-hydrogen) atoms. The summed E-state index contributed by atoms with van der Waals surface area (Å²) < 4.78 is 6.96. The van der Waals surface area contributed by atoms with Crippen molar-refractivity contribution in [2.45, 2.75) is 20.5 Å². The first-order valence-electron chi connectivity index (χ1n) is 6.78. The molecule has 0 amide bonds. The van der Waals surface area contributed by atoms with E-state index in [-0.39, 0.29) is 6.61 Å². The van der Waals surface area contributed by atoms with Crippen molar-refractivity contribution in [1.29, 1.82) is 0 Å². The van der Waals surface area contributed by atoms with Crippen LogP contribution in [0.4, 0.5) is 5.82 Å². The third-order valence-electron chi connectivity index (χ3n) is 3.59. The first kappa shape index (κ1) is 14.5. The summed E-state index contributed by atoms with van der Waals surface area (Å²) in [5.41, 5.74) is 7.59. The van der Waals surface area contributed by atoms with Gasteiger partial charge in [-0.15, -0.1) is 11.3 Å². The monoisotopic (exact) mass is 316 g/mol. The number of anilines is 1. The molecule has 0 aromatic carbocycles. The van der Waals surface area contributed by atoms with Gasteiger partial charge in [-0.25, -0.2) is 14.8 Å². The zero-order chi connectivity index (χ0) is 15.9. The molecule has 0 aliphatic rings. The molecule has 0 atom stereocenters. The van der Waals surface area contributed by atoms with Crippen LogP contribution in [0.5, 0.6) is 0 Å². The quantitative estimate of drug-likeness (QED) is 0.751. The maximum Gasteiger partial charge on any atom is 0.355 e. The van der Waals surface area contributed by atoms with Crippen molar-refractivity contribution in [3.63, 3.8) is 0 Å². The van der Waals surface area contributed by atoms with Crippen LogP contribution < -0.4 is 5.73 Å². The molecule has 3 heterocycles. The van der Waals surface area contributed by atoms with Crippen LogP contribution in [0.25, 0.3) is 10.2 Å². The summed E-state index contributed by atoms with van der Waals surface area (Å²) in [7, 11) is 1.79. The molecule has 2 N–H and O–H groups in total. The fourth-order valence-electron chi connectivity index (χ4n) is 2.27. The van der Waals surface area contributed by atoms with Crippen LogP contribution in [0.2, 0.25) is 0 Å². The van der Waals surface area contributed by atoms with Crippen molar-refractivity contribution >= 4 is 33.3 Å². The maximum absolute atomic E-state index is 12.0. The Hall–Kier alpha value is -2.41. The summed E-state index contributed by atoms with van der Waals surface area (Å²) in [5, 5.41) is 0.889. The minimum atomic E-state index is -0.409. The Labute approximate surface area is 131 Å². The summed E-state index contributed by atoms with van der Waals surface area (Å²) in [5.74, 6) is 0.430. The lowest BCUT2D eigenvalue weighted by atomic mass is 10.2. The molecule has 6 nitrogen and oxygen atoms in total. The average molecular weight is 316 g/mol. The van der Waals surface area contributed by atoms with Crippen molar-refractivity contribution in [2.75, 3.05) is 5.73 Å². The van der Waals surface area contributed by atoms with Gasteiger partial charge in [0.1, 0.15) is 16.3 Å². The highest BCUT2D eigenvalue weighted by Gasteiger charge is 2.15. The molecule has 0 bridgehead atoms. The number of carbonyl (C=O) groups is 1. The van der Waals surface area contributed by atoms with Crippen molar-refractivity contribution in [2.24, 2.45) is 7.05 Å². The molecular formula is C15H16N4O2S. The van der Waals surface area contributed by atoms with Crippen LogP contribution in [0.15, 0.2) is 18.3 Å². The van der Waals surface area contributed by atoms with Gasteiger partial charge in [-0.05, 0) is 31.5 Å². The minimum absolute atomic E-state index is 0.000147. The number of aromatic nitrogens is 3. The lowest BCUT2D eigenvalue weighted by molar-refractivity contribution is 0.0451. The maximum atomic E-state index is 12.0. The Morgan fingerprint density at radius 2 is 2.18 bits per heavy atom. The van der Waals surface area contributed by atoms with Gasteiger partial charge in [0.05, 0.1) is 5.39 Å². The van der Waals surface area contributed by atoms with E-state index in [2.05, 4.69) is 9.97 Å². The first-order chi connectivity index (χ1) is 10.5. The van der Waals surface area contributed by atoms with E-state index in [4.69, 9.17) is 10.5 Å². The summed E-state index contributed by atoms with van der Waals surface area (Å²) >= 11 is 1.57. The fourth-order valence-corrected chi connectivity index (χ4v) is 3.32. The normalized spacial score (nSPS) is 11.0. The van der Waals surface area contributed by atoms with Crippen LogP contribution in [-0.2, 0) is 18.4 Å². The summed E-state index contributed by atoms with van der Waals surface area (Å²) in [6, 6.07) is 3.49. The number of hydrogen-bond acceptors (Lipinski definition) is 6. The largest absolute Gasteiger partial charge is 0.453 e. The minimum Gasteiger partial charge on any atom is -0.453 e. The van der Waals surface area contributed by atoms with Gasteiger partial charge in [-0.2, -0.15) is 0 Å². The van der Waals surface area contributed by atoms with E-state index in [9.17, 15) is 4.79 Å². The highest BCUT2D eigenvalue weighted by atomic mass is 32.1. The Morgan fingerprint density at radius 3 is 2.86 bits per heavy atom. The number of esters is 1. The van der Waals surface area contributed by atoms with Crippen molar-refractivity contribution < 1.29 is 9.53 Å². The SMILES string of the molecule is Cc1sc2nc(COC(=O)c3cccn3C)nc(N)c2c1C. The highest BCUT2D eigenvalue weighted by Crippen LogP contribution is 2.31. The number of nitrogens with two attached hydrogens (primary N) is 1. The van der Waals surface area contributed by atoms with Crippen LogP contribution in [0.1, 0.15) is 26.8 Å². The second-order valence-corrected chi connectivity index (χ2v) is 6.27. The van der Waals surface area contributed by atoms with Gasteiger partial charge in [0, 0.05) is 18.1 Å². The smallest absolute Gasteiger partial charge is 0.355 e. The number of aryl methyl sites for hydroxylation is 3. The molecule has 0 radical (unpaired) electrons. The predicted molar refractivity (Wildman–Crippen MR) is 85.8 cm³/mol. The molecule has 114 valence electrons. The Bertz CT molecular complexity index is 866. The number of carbonyl (C=O) groups excluding carboxylic acids is 1. The van der Waals surface area contributed by atoms with Gasteiger partial charge in [-0.1, -0.05) is 0 Å². The molecule has 3 aromatic rings. The lowest BCUT2D eigenvalue weighted by Gasteiger charge is -2.06. The summed E-state index contributed by atoms with van der Waals surface area (Å²) in [6.45, 7) is 4.03. The molecule has 0 unspecified atom stereocenters. The van der Waals surface area contributed by atoms with Gasteiger partial charge < -0.3 is 15.0 Å². The molecular weight excluding hydrogens is 300 g/mol. The van der Waals surface area contributed by atoms with Gasteiger partial charge in [0.15, 0.2) is 12.4 Å². The van der Waals surface area contributed by atoms with E-state index in [0.717, 1.165) is 20.7 Å². The number of thiophene rings is 1. The zero-order valence-electron chi connectivity index (χ0n) is 12.6. The topological polar surface area (TPSA) is 83.0 Å². The number of ether oxygens (including phenoxy) is 1. The molecule has 7 heteroatoms. The second-order valence-electron chi connectivity index (χ2n) is 5.07. The van der Waals surface area contributed by atoms with E-state index < -0.39 is 5.97 Å². The molecule has 0 saturated carbocycles. The van der Waals surface area contributed by atoms with Crippen LogP contribution in [-0.4, -0.2) is 20.5 Å².